The molecule has 0 aliphatic heterocycles. The maximum atomic E-state index is 10.3. The Kier molecular flexibility index (Phi) is 3.18. The number of pyridine rings is 1. The molecule has 2 nitrogen and oxygen atoms in total. The number of hydrogen-bond acceptors (Lipinski definition) is 2. The summed E-state index contributed by atoms with van der Waals surface area (Å²) in [5.41, 5.74) is -0.0175. The Balaban J connectivity index is 3.49. The molecule has 0 saturated heterocycles. The number of halogens is 4. The Bertz CT molecular complexity index is 339. The molecular weight excluding hydrogens is 244 g/mol. The fourth-order valence-corrected chi connectivity index (χ4v) is 1.37. The van der Waals surface area contributed by atoms with Crippen LogP contribution in [0.5, 0.6) is 0 Å². The zero-order chi connectivity index (χ0) is 9.30. The van der Waals surface area contributed by atoms with Crippen molar-refractivity contribution in [1.29, 1.82) is 0 Å². The first kappa shape index (κ1) is 10.1. The van der Waals surface area contributed by atoms with E-state index in [0.29, 0.717) is 6.29 Å². The summed E-state index contributed by atoms with van der Waals surface area (Å²) in [6.45, 7) is 0. The van der Waals surface area contributed by atoms with E-state index in [1.165, 1.54) is 0 Å². The minimum atomic E-state index is -0.0341. The lowest BCUT2D eigenvalue weighted by molar-refractivity contribution is 0.111. The molecule has 12 heavy (non-hydrogen) atoms. The van der Waals surface area contributed by atoms with E-state index in [2.05, 4.69) is 4.98 Å². The summed E-state index contributed by atoms with van der Waals surface area (Å²) in [6.07, 6.45) is 0.455. The summed E-state index contributed by atoms with van der Waals surface area (Å²) in [6, 6.07) is 0. The molecule has 0 aliphatic carbocycles. The third-order valence-corrected chi connectivity index (χ3v) is 2.81. The molecule has 0 bridgehead atoms. The molecule has 0 N–H and O–H groups in total. The zero-order valence-corrected chi connectivity index (χ0v) is 8.47. The zero-order valence-electron chi connectivity index (χ0n) is 5.44. The van der Waals surface area contributed by atoms with Crippen molar-refractivity contribution in [3.8, 4) is 0 Å². The van der Waals surface area contributed by atoms with Crippen LogP contribution in [-0.2, 0) is 0 Å². The van der Waals surface area contributed by atoms with E-state index in [-0.39, 0.29) is 25.9 Å². The van der Waals surface area contributed by atoms with Crippen LogP contribution in [-0.4, -0.2) is 11.3 Å². The topological polar surface area (TPSA) is 30.0 Å². The molecular formula is C6HCl4NO. The number of nitrogens with zero attached hydrogens (tertiary/aromatic N) is 1. The lowest BCUT2D eigenvalue weighted by Gasteiger charge is -2.01. The van der Waals surface area contributed by atoms with Gasteiger partial charge in [0.05, 0.1) is 15.1 Å². The van der Waals surface area contributed by atoms with E-state index >= 15 is 0 Å². The smallest absolute Gasteiger partial charge is 0.170 e. The quantitative estimate of drug-likeness (QED) is 0.559. The molecule has 0 unspecified atom stereocenters. The minimum Gasteiger partial charge on any atom is -0.296 e. The second kappa shape index (κ2) is 3.79. The number of hydrogen-bond donors (Lipinski definition) is 0. The second-order valence-corrected chi connectivity index (χ2v) is 3.34. The summed E-state index contributed by atoms with van der Waals surface area (Å²) >= 11 is 22.3. The van der Waals surface area contributed by atoms with Crippen LogP contribution in [0.25, 0.3) is 0 Å². The maximum Gasteiger partial charge on any atom is 0.170 e. The van der Waals surface area contributed by atoms with Gasteiger partial charge in [-0.05, 0) is 0 Å². The minimum absolute atomic E-state index is 0.0149. The largest absolute Gasteiger partial charge is 0.296 e. The van der Waals surface area contributed by atoms with Crippen LogP contribution in [0, 0.1) is 0 Å². The van der Waals surface area contributed by atoms with E-state index in [0.717, 1.165) is 0 Å². The molecule has 0 radical (unpaired) electrons. The molecule has 0 fully saturated rings. The maximum absolute atomic E-state index is 10.3. The number of rotatable bonds is 1. The molecule has 64 valence electrons. The summed E-state index contributed by atoms with van der Waals surface area (Å²) in [4.78, 5) is 13.9. The molecule has 1 heterocycles. The fourth-order valence-electron chi connectivity index (χ4n) is 0.581. The van der Waals surface area contributed by atoms with Crippen LogP contribution >= 0.6 is 46.4 Å². The van der Waals surface area contributed by atoms with E-state index in [1.807, 2.05) is 0 Å². The fraction of sp³-hybridized carbons (Fsp3) is 0. The van der Waals surface area contributed by atoms with Crippen LogP contribution in [0.15, 0.2) is 0 Å². The normalized spacial score (nSPS) is 10.0. The summed E-state index contributed by atoms with van der Waals surface area (Å²) < 4.78 is 0. The molecule has 1 aromatic rings. The van der Waals surface area contributed by atoms with Crippen LogP contribution in [0.2, 0.25) is 20.2 Å². The molecule has 1 rings (SSSR count). The Morgan fingerprint density at radius 1 is 1.00 bits per heavy atom. The number of carbonyl (C=O) groups is 1. The van der Waals surface area contributed by atoms with Gasteiger partial charge in [0.15, 0.2) is 6.29 Å². The van der Waals surface area contributed by atoms with Crippen LogP contribution < -0.4 is 0 Å². The highest BCUT2D eigenvalue weighted by molar-refractivity contribution is 6.51. The molecule has 0 spiro atoms. The Morgan fingerprint density at radius 2 is 1.58 bits per heavy atom. The standard InChI is InChI=1S/C6HCl4NO/c7-3-2(1-12)11-6(10)5(9)4(3)8/h1H. The third-order valence-electron chi connectivity index (χ3n) is 1.12. The van der Waals surface area contributed by atoms with Gasteiger partial charge in [-0.3, -0.25) is 4.79 Å². The SMILES string of the molecule is O=Cc1nc(Cl)c(Cl)c(Cl)c1Cl. The van der Waals surface area contributed by atoms with Crippen molar-refractivity contribution < 1.29 is 4.79 Å². The number of aldehydes is 1. The monoisotopic (exact) mass is 243 g/mol. The van der Waals surface area contributed by atoms with Gasteiger partial charge in [0.1, 0.15) is 10.8 Å². The first-order valence-corrected chi connectivity index (χ1v) is 4.24. The van der Waals surface area contributed by atoms with Gasteiger partial charge in [-0.25, -0.2) is 4.98 Å². The van der Waals surface area contributed by atoms with Crippen molar-refractivity contribution >= 4 is 52.7 Å². The highest BCUT2D eigenvalue weighted by Crippen LogP contribution is 2.35. The van der Waals surface area contributed by atoms with Crippen molar-refractivity contribution in [3.05, 3.63) is 25.9 Å². The molecule has 0 saturated carbocycles. The average molecular weight is 245 g/mol. The first-order chi connectivity index (χ1) is 5.57. The van der Waals surface area contributed by atoms with Gasteiger partial charge < -0.3 is 0 Å². The highest BCUT2D eigenvalue weighted by Gasteiger charge is 2.13. The molecule has 0 amide bonds. The summed E-state index contributed by atoms with van der Waals surface area (Å²) in [7, 11) is 0. The van der Waals surface area contributed by atoms with Crippen LogP contribution in [0.4, 0.5) is 0 Å². The van der Waals surface area contributed by atoms with Gasteiger partial charge >= 0.3 is 0 Å². The van der Waals surface area contributed by atoms with Crippen molar-refractivity contribution in [3.63, 3.8) is 0 Å². The van der Waals surface area contributed by atoms with Crippen LogP contribution in [0.1, 0.15) is 10.5 Å². The van der Waals surface area contributed by atoms with Crippen LogP contribution in [0.3, 0.4) is 0 Å². The summed E-state index contributed by atoms with van der Waals surface area (Å²) in [5.74, 6) is 0. The predicted molar refractivity (Wildman–Crippen MR) is 49.7 cm³/mol. The molecule has 6 heteroatoms. The van der Waals surface area contributed by atoms with Crippen molar-refractivity contribution in [2.45, 2.75) is 0 Å². The van der Waals surface area contributed by atoms with E-state index in [1.54, 1.807) is 0 Å². The van der Waals surface area contributed by atoms with Gasteiger partial charge in [0, 0.05) is 0 Å². The second-order valence-electron chi connectivity index (χ2n) is 1.85. The molecule has 0 aromatic carbocycles. The molecule has 0 aliphatic rings. The van der Waals surface area contributed by atoms with Gasteiger partial charge in [-0.1, -0.05) is 46.4 Å². The lowest BCUT2D eigenvalue weighted by atomic mass is 10.4. The Hall–Kier alpha value is -0.0200. The first-order valence-electron chi connectivity index (χ1n) is 2.73. The average Bonchev–Trinajstić information content (AvgIpc) is 2.08. The van der Waals surface area contributed by atoms with Crippen molar-refractivity contribution in [2.24, 2.45) is 0 Å². The third kappa shape index (κ3) is 1.67. The van der Waals surface area contributed by atoms with Gasteiger partial charge in [0.2, 0.25) is 0 Å². The Morgan fingerprint density at radius 3 is 2.08 bits per heavy atom. The molecule has 1 aromatic heterocycles. The van der Waals surface area contributed by atoms with Crippen molar-refractivity contribution in [1.82, 2.24) is 4.98 Å². The number of carbonyl (C=O) groups excluding carboxylic acids is 1. The van der Waals surface area contributed by atoms with E-state index < -0.39 is 0 Å². The van der Waals surface area contributed by atoms with Gasteiger partial charge in [-0.15, -0.1) is 0 Å². The van der Waals surface area contributed by atoms with Gasteiger partial charge in [0.25, 0.3) is 0 Å². The molecule has 0 atom stereocenters. The highest BCUT2D eigenvalue weighted by atomic mass is 35.5. The lowest BCUT2D eigenvalue weighted by Crippen LogP contribution is -1.91. The Labute approximate surface area is 88.4 Å². The van der Waals surface area contributed by atoms with E-state index in [9.17, 15) is 4.79 Å². The predicted octanol–water partition coefficient (Wildman–Crippen LogP) is 3.51. The van der Waals surface area contributed by atoms with Crippen molar-refractivity contribution in [2.75, 3.05) is 0 Å². The number of aromatic nitrogens is 1. The van der Waals surface area contributed by atoms with E-state index in [4.69, 9.17) is 46.4 Å². The van der Waals surface area contributed by atoms with Gasteiger partial charge in [-0.2, -0.15) is 0 Å². The summed E-state index contributed by atoms with van der Waals surface area (Å²) in [5, 5.41) is 0.0728.